The zero-order valence-corrected chi connectivity index (χ0v) is 17.5. The van der Waals surface area contributed by atoms with Gasteiger partial charge in [0.25, 0.3) is 0 Å². The van der Waals surface area contributed by atoms with Gasteiger partial charge in [-0.15, -0.1) is 0 Å². The Morgan fingerprint density at radius 1 is 1.00 bits per heavy atom. The number of ether oxygens (including phenoxy) is 1. The number of imidazole rings is 1. The van der Waals surface area contributed by atoms with Crippen molar-refractivity contribution in [3.8, 4) is 5.75 Å². The van der Waals surface area contributed by atoms with Gasteiger partial charge in [-0.3, -0.25) is 4.79 Å². The minimum atomic E-state index is -0.110. The van der Waals surface area contributed by atoms with E-state index in [9.17, 15) is 4.79 Å². The van der Waals surface area contributed by atoms with Crippen LogP contribution in [0.2, 0.25) is 0 Å². The van der Waals surface area contributed by atoms with E-state index < -0.39 is 0 Å². The van der Waals surface area contributed by atoms with E-state index in [2.05, 4.69) is 28.1 Å². The van der Waals surface area contributed by atoms with Crippen LogP contribution in [-0.2, 0) is 17.8 Å². The fraction of sp³-hybridized carbons (Fsp3) is 0.154. The Hall–Kier alpha value is -3.86. The lowest BCUT2D eigenvalue weighted by Gasteiger charge is -2.10. The molecule has 0 fully saturated rings. The molecule has 0 radical (unpaired) electrons. The number of nitrogens with zero attached hydrogens (tertiary/aromatic N) is 2. The minimum absolute atomic E-state index is 0.110. The normalized spacial score (nSPS) is 11.1. The second-order valence-corrected chi connectivity index (χ2v) is 7.24. The molecule has 1 aromatic heterocycles. The molecule has 0 bridgehead atoms. The molecular weight excluding hydrogens is 386 g/mol. The predicted octanol–water partition coefficient (Wildman–Crippen LogP) is 4.47. The monoisotopic (exact) mass is 411 g/mol. The lowest BCUT2D eigenvalue weighted by Crippen LogP contribution is -2.24. The van der Waals surface area contributed by atoms with Gasteiger partial charge in [-0.1, -0.05) is 54.6 Å². The van der Waals surface area contributed by atoms with E-state index in [1.807, 2.05) is 66.7 Å². The number of fused-ring (bicyclic) bond motifs is 1. The summed E-state index contributed by atoms with van der Waals surface area (Å²) in [6.45, 7) is 1.23. The number of nitrogens with one attached hydrogen (secondary N) is 1. The second kappa shape index (κ2) is 9.76. The van der Waals surface area contributed by atoms with Gasteiger partial charge in [-0.25, -0.2) is 4.98 Å². The van der Waals surface area contributed by atoms with Crippen molar-refractivity contribution < 1.29 is 9.53 Å². The lowest BCUT2D eigenvalue weighted by molar-refractivity contribution is -0.116. The standard InChI is InChI=1S/C26H25N3O2/c1-31-22-14-11-21(12-15-22)19-29-24-10-6-5-9-23(24)28-25(29)17-18-27-26(30)16-13-20-7-3-2-4-8-20/h2-16H,17-19H2,1H3,(H,27,30)/b16-13+. The first-order chi connectivity index (χ1) is 15.2. The Morgan fingerprint density at radius 3 is 2.52 bits per heavy atom. The molecule has 1 heterocycles. The average molecular weight is 412 g/mol. The molecule has 1 amide bonds. The number of rotatable bonds is 8. The van der Waals surface area contributed by atoms with Gasteiger partial charge in [0, 0.05) is 25.6 Å². The van der Waals surface area contributed by atoms with Crippen molar-refractivity contribution in [3.05, 3.63) is 102 Å². The van der Waals surface area contributed by atoms with Crippen molar-refractivity contribution in [3.63, 3.8) is 0 Å². The van der Waals surface area contributed by atoms with Crippen molar-refractivity contribution >= 4 is 23.0 Å². The topological polar surface area (TPSA) is 56.1 Å². The molecule has 0 aliphatic rings. The molecule has 31 heavy (non-hydrogen) atoms. The summed E-state index contributed by atoms with van der Waals surface area (Å²) in [5, 5.41) is 2.96. The predicted molar refractivity (Wildman–Crippen MR) is 124 cm³/mol. The largest absolute Gasteiger partial charge is 0.497 e. The first kappa shape index (κ1) is 20.4. The van der Waals surface area contributed by atoms with Gasteiger partial charge in [-0.05, 0) is 41.5 Å². The first-order valence-electron chi connectivity index (χ1n) is 10.3. The van der Waals surface area contributed by atoms with Crippen LogP contribution in [0, 0.1) is 0 Å². The molecule has 156 valence electrons. The third-order valence-electron chi connectivity index (χ3n) is 5.11. The highest BCUT2D eigenvalue weighted by Gasteiger charge is 2.11. The first-order valence-corrected chi connectivity index (χ1v) is 10.3. The summed E-state index contributed by atoms with van der Waals surface area (Å²) in [6, 6.07) is 26.0. The molecule has 0 spiro atoms. The highest BCUT2D eigenvalue weighted by Crippen LogP contribution is 2.19. The number of hydrogen-bond donors (Lipinski definition) is 1. The number of hydrogen-bond acceptors (Lipinski definition) is 3. The van der Waals surface area contributed by atoms with E-state index in [0.717, 1.165) is 28.2 Å². The fourth-order valence-corrected chi connectivity index (χ4v) is 3.50. The Bertz CT molecular complexity index is 1180. The second-order valence-electron chi connectivity index (χ2n) is 7.24. The maximum Gasteiger partial charge on any atom is 0.244 e. The van der Waals surface area contributed by atoms with Crippen molar-refractivity contribution in [1.82, 2.24) is 14.9 Å². The van der Waals surface area contributed by atoms with Crippen LogP contribution in [0.1, 0.15) is 17.0 Å². The van der Waals surface area contributed by atoms with Crippen LogP contribution in [0.25, 0.3) is 17.1 Å². The summed E-state index contributed by atoms with van der Waals surface area (Å²) < 4.78 is 7.47. The summed E-state index contributed by atoms with van der Waals surface area (Å²) in [4.78, 5) is 17.0. The van der Waals surface area contributed by atoms with Crippen LogP contribution in [0.5, 0.6) is 5.75 Å². The Labute approximate surface area is 182 Å². The number of benzene rings is 3. The van der Waals surface area contributed by atoms with Crippen LogP contribution >= 0.6 is 0 Å². The molecular formula is C26H25N3O2. The van der Waals surface area contributed by atoms with Gasteiger partial charge in [-0.2, -0.15) is 0 Å². The third kappa shape index (κ3) is 5.20. The molecule has 0 aliphatic carbocycles. The van der Waals surface area contributed by atoms with E-state index in [1.54, 1.807) is 13.2 Å². The zero-order chi connectivity index (χ0) is 21.5. The van der Waals surface area contributed by atoms with Gasteiger partial charge in [0.15, 0.2) is 0 Å². The number of amides is 1. The maximum absolute atomic E-state index is 12.2. The summed E-state index contributed by atoms with van der Waals surface area (Å²) >= 11 is 0. The SMILES string of the molecule is COc1ccc(Cn2c(CCNC(=O)/C=C/c3ccccc3)nc3ccccc32)cc1. The number of para-hydroxylation sites is 2. The quantitative estimate of drug-likeness (QED) is 0.436. The smallest absolute Gasteiger partial charge is 0.244 e. The maximum atomic E-state index is 12.2. The Kier molecular flexibility index (Phi) is 6.43. The van der Waals surface area contributed by atoms with Crippen LogP contribution in [0.15, 0.2) is 84.9 Å². The molecule has 5 nitrogen and oxygen atoms in total. The summed E-state index contributed by atoms with van der Waals surface area (Å²) in [7, 11) is 1.67. The van der Waals surface area contributed by atoms with Gasteiger partial charge in [0.2, 0.25) is 5.91 Å². The van der Waals surface area contributed by atoms with Crippen molar-refractivity contribution in [1.29, 1.82) is 0 Å². The Morgan fingerprint density at radius 2 is 1.74 bits per heavy atom. The molecule has 4 aromatic rings. The molecule has 0 atom stereocenters. The van der Waals surface area contributed by atoms with Gasteiger partial charge in [0.1, 0.15) is 11.6 Å². The molecule has 0 saturated heterocycles. The van der Waals surface area contributed by atoms with E-state index in [1.165, 1.54) is 5.56 Å². The van der Waals surface area contributed by atoms with Crippen LogP contribution < -0.4 is 10.1 Å². The van der Waals surface area contributed by atoms with Crippen LogP contribution in [0.3, 0.4) is 0 Å². The van der Waals surface area contributed by atoms with E-state index in [-0.39, 0.29) is 5.91 Å². The highest BCUT2D eigenvalue weighted by atomic mass is 16.5. The van der Waals surface area contributed by atoms with Crippen LogP contribution in [0.4, 0.5) is 0 Å². The number of methoxy groups -OCH3 is 1. The third-order valence-corrected chi connectivity index (χ3v) is 5.11. The van der Waals surface area contributed by atoms with Crippen molar-refractivity contribution in [2.24, 2.45) is 0 Å². The molecule has 3 aromatic carbocycles. The van der Waals surface area contributed by atoms with Gasteiger partial charge < -0.3 is 14.6 Å². The number of carbonyl (C=O) groups is 1. The van der Waals surface area contributed by atoms with Gasteiger partial charge >= 0.3 is 0 Å². The summed E-state index contributed by atoms with van der Waals surface area (Å²) in [6.07, 6.45) is 4.03. The highest BCUT2D eigenvalue weighted by molar-refractivity contribution is 5.91. The average Bonchev–Trinajstić information content (AvgIpc) is 3.16. The van der Waals surface area contributed by atoms with Gasteiger partial charge in [0.05, 0.1) is 18.1 Å². The fourth-order valence-electron chi connectivity index (χ4n) is 3.50. The molecule has 0 aliphatic heterocycles. The molecule has 0 saturated carbocycles. The van der Waals surface area contributed by atoms with Crippen molar-refractivity contribution in [2.75, 3.05) is 13.7 Å². The summed E-state index contributed by atoms with van der Waals surface area (Å²) in [5.41, 5.74) is 4.21. The summed E-state index contributed by atoms with van der Waals surface area (Å²) in [5.74, 6) is 1.68. The zero-order valence-electron chi connectivity index (χ0n) is 17.5. The minimum Gasteiger partial charge on any atom is -0.497 e. The molecule has 4 rings (SSSR count). The Balaban J connectivity index is 1.45. The van der Waals surface area contributed by atoms with E-state index in [4.69, 9.17) is 9.72 Å². The van der Waals surface area contributed by atoms with E-state index >= 15 is 0 Å². The molecule has 5 heteroatoms. The van der Waals surface area contributed by atoms with E-state index in [0.29, 0.717) is 19.5 Å². The molecule has 0 unspecified atom stereocenters. The van der Waals surface area contributed by atoms with Crippen molar-refractivity contribution in [2.45, 2.75) is 13.0 Å². The number of carbonyl (C=O) groups excluding carboxylic acids is 1. The number of aromatic nitrogens is 2. The lowest BCUT2D eigenvalue weighted by atomic mass is 10.2. The van der Waals surface area contributed by atoms with Crippen LogP contribution in [-0.4, -0.2) is 29.1 Å². The molecule has 1 N–H and O–H groups in total.